The van der Waals surface area contributed by atoms with Crippen molar-refractivity contribution in [2.75, 3.05) is 19.1 Å². The molecule has 1 atom stereocenters. The van der Waals surface area contributed by atoms with Crippen LogP contribution in [0, 0.1) is 0 Å². The van der Waals surface area contributed by atoms with Gasteiger partial charge in [-0.1, -0.05) is 0 Å². The van der Waals surface area contributed by atoms with Crippen molar-refractivity contribution in [1.29, 1.82) is 0 Å². The zero-order chi connectivity index (χ0) is 12.8. The number of H-pyrrole nitrogens is 1. The number of nitrogens with one attached hydrogen (secondary N) is 1. The van der Waals surface area contributed by atoms with Crippen molar-refractivity contribution in [1.82, 2.24) is 9.88 Å². The molecule has 1 aromatic rings. The molecule has 1 aromatic heterocycles. The van der Waals surface area contributed by atoms with Crippen LogP contribution in [0.15, 0.2) is 23.1 Å². The molecule has 4 nitrogen and oxygen atoms in total. The average Bonchev–Trinajstić information content (AvgIpc) is 2.35. The second kappa shape index (κ2) is 6.49. The van der Waals surface area contributed by atoms with Crippen molar-refractivity contribution in [3.8, 4) is 0 Å². The molecule has 0 saturated carbocycles. The first kappa shape index (κ1) is 13.8. The van der Waals surface area contributed by atoms with Gasteiger partial charge in [0.25, 0.3) is 5.91 Å². The molecular weight excluding hydrogens is 236 g/mol. The van der Waals surface area contributed by atoms with Gasteiger partial charge in [-0.05, 0) is 31.4 Å². The zero-order valence-electron chi connectivity index (χ0n) is 10.4. The van der Waals surface area contributed by atoms with Crippen LogP contribution in [0.4, 0.5) is 0 Å². The first-order valence-electron chi connectivity index (χ1n) is 5.51. The number of rotatable bonds is 5. The van der Waals surface area contributed by atoms with E-state index in [9.17, 15) is 9.59 Å². The first-order chi connectivity index (χ1) is 8.06. The normalized spacial score (nSPS) is 12.2. The number of thioether (sulfide) groups is 1. The van der Waals surface area contributed by atoms with Crippen LogP contribution >= 0.6 is 11.8 Å². The van der Waals surface area contributed by atoms with Gasteiger partial charge in [0, 0.05) is 25.4 Å². The van der Waals surface area contributed by atoms with Crippen LogP contribution in [0.3, 0.4) is 0 Å². The number of hydrogen-bond donors (Lipinski definition) is 1. The van der Waals surface area contributed by atoms with Gasteiger partial charge in [-0.25, -0.2) is 0 Å². The summed E-state index contributed by atoms with van der Waals surface area (Å²) in [6.45, 7) is 2.03. The molecule has 5 heteroatoms. The molecule has 0 spiro atoms. The third-order valence-corrected chi connectivity index (χ3v) is 3.40. The van der Waals surface area contributed by atoms with E-state index in [1.165, 1.54) is 12.3 Å². The summed E-state index contributed by atoms with van der Waals surface area (Å²) in [5.41, 5.74) is 0.322. The lowest BCUT2D eigenvalue weighted by atomic mass is 10.2. The second-order valence-corrected chi connectivity index (χ2v) is 4.97. The molecule has 0 aliphatic rings. The van der Waals surface area contributed by atoms with E-state index in [0.717, 1.165) is 12.2 Å². The first-order valence-corrected chi connectivity index (χ1v) is 6.90. The molecule has 1 heterocycles. The number of pyridine rings is 1. The van der Waals surface area contributed by atoms with Crippen LogP contribution in [0.25, 0.3) is 0 Å². The van der Waals surface area contributed by atoms with Crippen molar-refractivity contribution >= 4 is 17.7 Å². The van der Waals surface area contributed by atoms with Gasteiger partial charge < -0.3 is 9.88 Å². The van der Waals surface area contributed by atoms with E-state index >= 15 is 0 Å². The molecule has 0 fully saturated rings. The highest BCUT2D eigenvalue weighted by atomic mass is 32.2. The molecular formula is C12H18N2O2S. The van der Waals surface area contributed by atoms with Gasteiger partial charge in [0.1, 0.15) is 0 Å². The molecule has 0 aliphatic heterocycles. The largest absolute Gasteiger partial charge is 0.339 e. The summed E-state index contributed by atoms with van der Waals surface area (Å²) in [4.78, 5) is 27.2. The third-order valence-electron chi connectivity index (χ3n) is 2.75. The summed E-state index contributed by atoms with van der Waals surface area (Å²) in [6, 6.07) is 3.12. The number of hydrogen-bond acceptors (Lipinski definition) is 3. The van der Waals surface area contributed by atoms with Crippen LogP contribution in [-0.4, -0.2) is 40.9 Å². The Morgan fingerprint density at radius 2 is 2.24 bits per heavy atom. The van der Waals surface area contributed by atoms with Gasteiger partial charge in [-0.2, -0.15) is 11.8 Å². The quantitative estimate of drug-likeness (QED) is 0.868. The lowest BCUT2D eigenvalue weighted by Crippen LogP contribution is -2.35. The molecule has 17 heavy (non-hydrogen) atoms. The van der Waals surface area contributed by atoms with Crippen molar-refractivity contribution in [2.45, 2.75) is 19.4 Å². The van der Waals surface area contributed by atoms with Crippen LogP contribution in [0.5, 0.6) is 0 Å². The monoisotopic (exact) mass is 254 g/mol. The second-order valence-electron chi connectivity index (χ2n) is 3.99. The Labute approximate surface area is 105 Å². The van der Waals surface area contributed by atoms with E-state index in [1.54, 1.807) is 29.8 Å². The van der Waals surface area contributed by atoms with Crippen LogP contribution in [-0.2, 0) is 0 Å². The highest BCUT2D eigenvalue weighted by Gasteiger charge is 2.16. The van der Waals surface area contributed by atoms with Crippen molar-refractivity contribution < 1.29 is 4.79 Å². The standard InChI is InChI=1S/C12H18N2O2S/c1-9(6-7-17-3)14(2)12(16)10-4-5-11(15)13-8-10/h4-5,8-9H,6-7H2,1-3H3,(H,13,15). The van der Waals surface area contributed by atoms with E-state index in [2.05, 4.69) is 11.2 Å². The number of carbonyl (C=O) groups excluding carboxylic acids is 1. The Kier molecular flexibility index (Phi) is 5.28. The van der Waals surface area contributed by atoms with Gasteiger partial charge in [-0.15, -0.1) is 0 Å². The molecule has 1 rings (SSSR count). The van der Waals surface area contributed by atoms with E-state index in [0.29, 0.717) is 5.56 Å². The lowest BCUT2D eigenvalue weighted by Gasteiger charge is -2.24. The minimum atomic E-state index is -0.195. The number of nitrogens with zero attached hydrogens (tertiary/aromatic N) is 1. The van der Waals surface area contributed by atoms with Crippen LogP contribution in [0.2, 0.25) is 0 Å². The fourth-order valence-corrected chi connectivity index (χ4v) is 2.01. The van der Waals surface area contributed by atoms with Gasteiger partial charge in [0.15, 0.2) is 0 Å². The fourth-order valence-electron chi connectivity index (χ4n) is 1.43. The Morgan fingerprint density at radius 1 is 1.53 bits per heavy atom. The van der Waals surface area contributed by atoms with E-state index in [-0.39, 0.29) is 17.5 Å². The smallest absolute Gasteiger partial charge is 0.255 e. The Bertz CT molecular complexity index is 410. The summed E-state index contributed by atoms with van der Waals surface area (Å²) >= 11 is 1.77. The van der Waals surface area contributed by atoms with Gasteiger partial charge in [0.2, 0.25) is 5.56 Å². The van der Waals surface area contributed by atoms with Gasteiger partial charge in [-0.3, -0.25) is 9.59 Å². The molecule has 94 valence electrons. The van der Waals surface area contributed by atoms with Crippen LogP contribution in [0.1, 0.15) is 23.7 Å². The summed E-state index contributed by atoms with van der Waals surface area (Å²) in [5.74, 6) is 0.972. The summed E-state index contributed by atoms with van der Waals surface area (Å²) < 4.78 is 0. The predicted molar refractivity (Wildman–Crippen MR) is 71.6 cm³/mol. The molecule has 1 unspecified atom stereocenters. The van der Waals surface area contributed by atoms with E-state index in [4.69, 9.17) is 0 Å². The molecule has 1 amide bonds. The number of carbonyl (C=O) groups is 1. The maximum Gasteiger partial charge on any atom is 0.255 e. The topological polar surface area (TPSA) is 53.2 Å². The number of amides is 1. The average molecular weight is 254 g/mol. The van der Waals surface area contributed by atoms with Gasteiger partial charge >= 0.3 is 0 Å². The summed E-state index contributed by atoms with van der Waals surface area (Å²) in [6.07, 6.45) is 4.48. The molecule has 0 bridgehead atoms. The van der Waals surface area contributed by atoms with E-state index in [1.807, 2.05) is 6.92 Å². The lowest BCUT2D eigenvalue weighted by molar-refractivity contribution is 0.0741. The van der Waals surface area contributed by atoms with E-state index < -0.39 is 0 Å². The highest BCUT2D eigenvalue weighted by molar-refractivity contribution is 7.98. The Morgan fingerprint density at radius 3 is 2.76 bits per heavy atom. The maximum atomic E-state index is 12.1. The minimum absolute atomic E-state index is 0.0603. The summed E-state index contributed by atoms with van der Waals surface area (Å²) in [5, 5.41) is 0. The molecule has 0 radical (unpaired) electrons. The molecule has 0 aliphatic carbocycles. The van der Waals surface area contributed by atoms with Gasteiger partial charge in [0.05, 0.1) is 5.56 Å². The number of aromatic nitrogens is 1. The van der Waals surface area contributed by atoms with Crippen molar-refractivity contribution in [3.05, 3.63) is 34.2 Å². The number of aromatic amines is 1. The SMILES string of the molecule is CSCCC(C)N(C)C(=O)c1ccc(=O)[nH]c1. The van der Waals surface area contributed by atoms with Crippen molar-refractivity contribution in [2.24, 2.45) is 0 Å². The summed E-state index contributed by atoms with van der Waals surface area (Å²) in [7, 11) is 1.79. The molecule has 0 aromatic carbocycles. The van der Waals surface area contributed by atoms with Crippen LogP contribution < -0.4 is 5.56 Å². The minimum Gasteiger partial charge on any atom is -0.339 e. The maximum absolute atomic E-state index is 12.1. The fraction of sp³-hybridized carbons (Fsp3) is 0.500. The molecule has 1 N–H and O–H groups in total. The highest BCUT2D eigenvalue weighted by Crippen LogP contribution is 2.09. The third kappa shape index (κ3) is 3.93. The predicted octanol–water partition coefficient (Wildman–Crippen LogP) is 1.59. The Hall–Kier alpha value is -1.23. The zero-order valence-corrected chi connectivity index (χ0v) is 11.2. The van der Waals surface area contributed by atoms with Crippen molar-refractivity contribution in [3.63, 3.8) is 0 Å². The Balaban J connectivity index is 2.69. The molecule has 0 saturated heterocycles.